The summed E-state index contributed by atoms with van der Waals surface area (Å²) in [6.07, 6.45) is 2.28. The van der Waals surface area contributed by atoms with Crippen LogP contribution < -0.4 is 5.32 Å². The van der Waals surface area contributed by atoms with Gasteiger partial charge in [-0.05, 0) is 12.8 Å². The third-order valence-electron chi connectivity index (χ3n) is 3.08. The third-order valence-corrected chi connectivity index (χ3v) is 3.08. The Kier molecular flexibility index (Phi) is 2.28. The number of aliphatic imine (C=N–C) groups is 1. The van der Waals surface area contributed by atoms with Crippen molar-refractivity contribution in [2.75, 3.05) is 19.7 Å². The monoisotopic (exact) mass is 182 g/mol. The molecule has 1 N–H and O–H groups in total. The maximum Gasteiger partial charge on any atom is 0.187 e. The molecule has 13 heavy (non-hydrogen) atoms. The lowest BCUT2D eigenvalue weighted by Crippen LogP contribution is -2.59. The zero-order valence-corrected chi connectivity index (χ0v) is 8.47. The highest BCUT2D eigenvalue weighted by atomic mass is 16.5. The molecule has 1 fully saturated rings. The zero-order valence-electron chi connectivity index (χ0n) is 8.47. The lowest BCUT2D eigenvalue weighted by Gasteiger charge is -2.33. The van der Waals surface area contributed by atoms with Gasteiger partial charge in [-0.15, -0.1) is 0 Å². The van der Waals surface area contributed by atoms with Crippen molar-refractivity contribution in [1.29, 1.82) is 0 Å². The highest BCUT2D eigenvalue weighted by molar-refractivity contribution is 5.81. The Morgan fingerprint density at radius 3 is 2.54 bits per heavy atom. The number of nitrogens with one attached hydrogen (secondary N) is 1. The van der Waals surface area contributed by atoms with Crippen molar-refractivity contribution in [3.8, 4) is 0 Å². The van der Waals surface area contributed by atoms with Crippen LogP contribution in [0.25, 0.3) is 0 Å². The predicted octanol–water partition coefficient (Wildman–Crippen LogP) is 1.19. The Labute approximate surface area is 79.6 Å². The lowest BCUT2D eigenvalue weighted by molar-refractivity contribution is 0.190. The van der Waals surface area contributed by atoms with Crippen molar-refractivity contribution < 1.29 is 4.74 Å². The van der Waals surface area contributed by atoms with Crippen LogP contribution in [-0.4, -0.2) is 31.1 Å². The van der Waals surface area contributed by atoms with Gasteiger partial charge in [0.2, 0.25) is 0 Å². The quantitative estimate of drug-likeness (QED) is 0.711. The van der Waals surface area contributed by atoms with E-state index in [0.717, 1.165) is 38.4 Å². The van der Waals surface area contributed by atoms with Gasteiger partial charge in [-0.25, -0.2) is 4.99 Å². The summed E-state index contributed by atoms with van der Waals surface area (Å²) in [5.74, 6) is 1.55. The molecule has 0 atom stereocenters. The fraction of sp³-hybridized carbons (Fsp3) is 0.900. The summed E-state index contributed by atoms with van der Waals surface area (Å²) >= 11 is 0. The van der Waals surface area contributed by atoms with Crippen LogP contribution in [0.4, 0.5) is 0 Å². The molecular formula is C10H18N2O. The van der Waals surface area contributed by atoms with Gasteiger partial charge >= 0.3 is 0 Å². The minimum atomic E-state index is 0.123. The van der Waals surface area contributed by atoms with E-state index < -0.39 is 0 Å². The summed E-state index contributed by atoms with van der Waals surface area (Å²) in [7, 11) is 0. The van der Waals surface area contributed by atoms with Crippen LogP contribution in [-0.2, 0) is 4.74 Å². The lowest BCUT2D eigenvalue weighted by atomic mass is 9.95. The number of hydrogen-bond acceptors (Lipinski definition) is 3. The molecule has 0 unspecified atom stereocenters. The molecule has 3 nitrogen and oxygen atoms in total. The maximum absolute atomic E-state index is 5.66. The molecule has 0 radical (unpaired) electrons. The molecule has 2 heterocycles. The number of ether oxygens (including phenoxy) is 1. The summed E-state index contributed by atoms with van der Waals surface area (Å²) in [6, 6.07) is 0. The van der Waals surface area contributed by atoms with Gasteiger partial charge in [0.05, 0.1) is 0 Å². The fourth-order valence-electron chi connectivity index (χ4n) is 1.95. The van der Waals surface area contributed by atoms with Crippen LogP contribution in [0, 0.1) is 5.92 Å². The minimum Gasteiger partial charge on any atom is -0.478 e. The molecule has 0 aromatic carbocycles. The van der Waals surface area contributed by atoms with Gasteiger partial charge in [-0.1, -0.05) is 13.8 Å². The molecule has 0 aromatic rings. The maximum atomic E-state index is 5.66. The largest absolute Gasteiger partial charge is 0.478 e. The summed E-state index contributed by atoms with van der Waals surface area (Å²) in [5.41, 5.74) is 0.123. The third kappa shape index (κ3) is 1.46. The van der Waals surface area contributed by atoms with E-state index in [2.05, 4.69) is 19.2 Å². The predicted molar refractivity (Wildman–Crippen MR) is 53.1 cm³/mol. The van der Waals surface area contributed by atoms with Crippen LogP contribution in [0.3, 0.4) is 0 Å². The van der Waals surface area contributed by atoms with E-state index in [0.29, 0.717) is 5.92 Å². The summed E-state index contributed by atoms with van der Waals surface area (Å²) in [4.78, 5) is 4.70. The van der Waals surface area contributed by atoms with Crippen LogP contribution in [0.1, 0.15) is 26.7 Å². The molecular weight excluding hydrogens is 164 g/mol. The molecule has 74 valence electrons. The first kappa shape index (κ1) is 9.00. The first-order valence-electron chi connectivity index (χ1n) is 5.23. The second-order valence-electron chi connectivity index (χ2n) is 4.08. The van der Waals surface area contributed by atoms with Crippen LogP contribution in [0.15, 0.2) is 4.99 Å². The van der Waals surface area contributed by atoms with E-state index >= 15 is 0 Å². The first-order chi connectivity index (χ1) is 6.29. The van der Waals surface area contributed by atoms with E-state index in [4.69, 9.17) is 9.73 Å². The summed E-state index contributed by atoms with van der Waals surface area (Å²) in [6.45, 7) is 7.19. The van der Waals surface area contributed by atoms with Crippen LogP contribution in [0.5, 0.6) is 0 Å². The van der Waals surface area contributed by atoms with E-state index in [1.807, 2.05) is 0 Å². The zero-order chi connectivity index (χ0) is 9.31. The Morgan fingerprint density at radius 1 is 1.46 bits per heavy atom. The molecule has 0 aromatic heterocycles. The second-order valence-corrected chi connectivity index (χ2v) is 4.08. The van der Waals surface area contributed by atoms with Gasteiger partial charge in [0, 0.05) is 19.0 Å². The normalized spacial score (nSPS) is 24.4. The van der Waals surface area contributed by atoms with E-state index in [9.17, 15) is 0 Å². The van der Waals surface area contributed by atoms with Crippen LogP contribution in [0.2, 0.25) is 0 Å². The van der Waals surface area contributed by atoms with Gasteiger partial charge in [0.1, 0.15) is 12.1 Å². The number of rotatable bonds is 3. The molecule has 0 amide bonds. The van der Waals surface area contributed by atoms with Crippen molar-refractivity contribution in [2.24, 2.45) is 10.9 Å². The molecule has 2 aliphatic rings. The Morgan fingerprint density at radius 2 is 2.15 bits per heavy atom. The van der Waals surface area contributed by atoms with E-state index in [-0.39, 0.29) is 5.54 Å². The van der Waals surface area contributed by atoms with Crippen molar-refractivity contribution >= 4 is 5.90 Å². The molecule has 0 aliphatic carbocycles. The van der Waals surface area contributed by atoms with Gasteiger partial charge in [0.15, 0.2) is 5.90 Å². The standard InChI is InChI=1S/C10H18N2O/c1-3-8(4-2)9-12-10(7-13-9)5-11-6-10/h8,11H,3-7H2,1-2H3. The molecule has 0 bridgehead atoms. The topological polar surface area (TPSA) is 33.6 Å². The average Bonchev–Trinajstić information content (AvgIpc) is 2.51. The minimum absolute atomic E-state index is 0.123. The molecule has 2 rings (SSSR count). The van der Waals surface area contributed by atoms with Crippen molar-refractivity contribution in [3.05, 3.63) is 0 Å². The number of hydrogen-bond donors (Lipinski definition) is 1. The van der Waals surface area contributed by atoms with E-state index in [1.54, 1.807) is 0 Å². The van der Waals surface area contributed by atoms with Gasteiger partial charge in [-0.3, -0.25) is 0 Å². The highest BCUT2D eigenvalue weighted by Crippen LogP contribution is 2.27. The van der Waals surface area contributed by atoms with Crippen molar-refractivity contribution in [2.45, 2.75) is 32.2 Å². The number of nitrogens with zero attached hydrogens (tertiary/aromatic N) is 1. The van der Waals surface area contributed by atoms with E-state index in [1.165, 1.54) is 0 Å². The smallest absolute Gasteiger partial charge is 0.187 e. The molecule has 1 saturated heterocycles. The van der Waals surface area contributed by atoms with Gasteiger partial charge < -0.3 is 10.1 Å². The molecule has 1 spiro atoms. The van der Waals surface area contributed by atoms with Crippen LogP contribution >= 0.6 is 0 Å². The van der Waals surface area contributed by atoms with Gasteiger partial charge in [-0.2, -0.15) is 0 Å². The second kappa shape index (κ2) is 3.29. The first-order valence-corrected chi connectivity index (χ1v) is 5.23. The summed E-state index contributed by atoms with van der Waals surface area (Å²) in [5, 5.41) is 3.25. The Bertz CT molecular complexity index is 217. The average molecular weight is 182 g/mol. The molecule has 2 aliphatic heterocycles. The molecule has 3 heteroatoms. The summed E-state index contributed by atoms with van der Waals surface area (Å²) < 4.78 is 5.66. The van der Waals surface area contributed by atoms with Crippen molar-refractivity contribution in [3.63, 3.8) is 0 Å². The SMILES string of the molecule is CCC(CC)C1=NC2(CNC2)CO1. The highest BCUT2D eigenvalue weighted by Gasteiger charge is 2.43. The Balaban J connectivity index is 2.04. The van der Waals surface area contributed by atoms with Crippen molar-refractivity contribution in [1.82, 2.24) is 5.32 Å². The fourth-order valence-corrected chi connectivity index (χ4v) is 1.95. The molecule has 0 saturated carbocycles. The Hall–Kier alpha value is -0.570. The van der Waals surface area contributed by atoms with Gasteiger partial charge in [0.25, 0.3) is 0 Å².